The number of guanidine groups is 1. The van der Waals surface area contributed by atoms with Crippen molar-refractivity contribution < 1.29 is 9.53 Å². The van der Waals surface area contributed by atoms with Crippen molar-refractivity contribution in [1.82, 2.24) is 15.5 Å². The van der Waals surface area contributed by atoms with E-state index >= 15 is 0 Å². The zero-order chi connectivity index (χ0) is 19.1. The van der Waals surface area contributed by atoms with Crippen molar-refractivity contribution in [1.29, 1.82) is 0 Å². The Morgan fingerprint density at radius 3 is 2.62 bits per heavy atom. The molecule has 1 aliphatic heterocycles. The fourth-order valence-electron chi connectivity index (χ4n) is 2.96. The molecule has 1 aromatic rings. The van der Waals surface area contributed by atoms with Gasteiger partial charge in [-0.3, -0.25) is 9.79 Å². The van der Waals surface area contributed by atoms with Crippen LogP contribution in [0.4, 0.5) is 0 Å². The van der Waals surface area contributed by atoms with Gasteiger partial charge in [-0.25, -0.2) is 0 Å². The molecule has 0 aromatic heterocycles. The second kappa shape index (κ2) is 9.46. The van der Waals surface area contributed by atoms with Crippen LogP contribution < -0.4 is 15.4 Å². The van der Waals surface area contributed by atoms with Gasteiger partial charge in [0.25, 0.3) is 0 Å². The highest BCUT2D eigenvalue weighted by Gasteiger charge is 2.27. The third kappa shape index (κ3) is 5.93. The molecule has 1 amide bonds. The lowest BCUT2D eigenvalue weighted by Gasteiger charge is -2.21. The SMILES string of the molecule is CN=C(NCC(C)Oc1ccc(C)cc1)NC1CCN(C(=O)C(C)C)C1. The number of carbonyl (C=O) groups excluding carboxylic acids is 1. The number of benzene rings is 1. The molecule has 6 nitrogen and oxygen atoms in total. The fraction of sp³-hybridized carbons (Fsp3) is 0.600. The minimum absolute atomic E-state index is 0.0128. The molecule has 0 spiro atoms. The van der Waals surface area contributed by atoms with Gasteiger partial charge in [-0.05, 0) is 32.4 Å². The first-order valence-corrected chi connectivity index (χ1v) is 9.38. The summed E-state index contributed by atoms with van der Waals surface area (Å²) in [5.74, 6) is 1.88. The number of carbonyl (C=O) groups is 1. The Balaban J connectivity index is 1.75. The van der Waals surface area contributed by atoms with Crippen LogP contribution in [0.2, 0.25) is 0 Å². The van der Waals surface area contributed by atoms with Crippen LogP contribution >= 0.6 is 0 Å². The molecule has 1 saturated heterocycles. The van der Waals surface area contributed by atoms with Gasteiger partial charge < -0.3 is 20.3 Å². The summed E-state index contributed by atoms with van der Waals surface area (Å²) < 4.78 is 5.91. The Morgan fingerprint density at radius 1 is 1.31 bits per heavy atom. The summed E-state index contributed by atoms with van der Waals surface area (Å²) in [7, 11) is 1.76. The van der Waals surface area contributed by atoms with E-state index in [4.69, 9.17) is 4.74 Å². The van der Waals surface area contributed by atoms with Crippen molar-refractivity contribution in [3.05, 3.63) is 29.8 Å². The predicted octanol–water partition coefficient (Wildman–Crippen LogP) is 2.18. The van der Waals surface area contributed by atoms with E-state index in [-0.39, 0.29) is 24.0 Å². The zero-order valence-corrected chi connectivity index (χ0v) is 16.6. The molecule has 0 bridgehead atoms. The van der Waals surface area contributed by atoms with Gasteiger partial charge in [-0.2, -0.15) is 0 Å². The average Bonchev–Trinajstić information content (AvgIpc) is 3.08. The summed E-state index contributed by atoms with van der Waals surface area (Å²) in [6.45, 7) is 10.2. The monoisotopic (exact) mass is 360 g/mol. The zero-order valence-electron chi connectivity index (χ0n) is 16.6. The molecule has 6 heteroatoms. The van der Waals surface area contributed by atoms with Crippen LogP contribution in [0.1, 0.15) is 32.8 Å². The Bertz CT molecular complexity index is 613. The van der Waals surface area contributed by atoms with Crippen molar-refractivity contribution in [2.75, 3.05) is 26.7 Å². The standard InChI is InChI=1S/C20H32N4O2/c1-14(2)19(25)24-11-10-17(13-24)23-20(21-5)22-12-16(4)26-18-8-6-15(3)7-9-18/h6-9,14,16-17H,10-13H2,1-5H3,(H2,21,22,23). The van der Waals surface area contributed by atoms with Gasteiger partial charge in [0.05, 0.1) is 6.54 Å². The Hall–Kier alpha value is -2.24. The van der Waals surface area contributed by atoms with Crippen LogP contribution in [0.5, 0.6) is 5.75 Å². The van der Waals surface area contributed by atoms with Crippen LogP contribution in [0.3, 0.4) is 0 Å². The highest BCUT2D eigenvalue weighted by Crippen LogP contribution is 2.14. The molecule has 0 radical (unpaired) electrons. The Kier molecular flexibility index (Phi) is 7.30. The maximum atomic E-state index is 12.1. The summed E-state index contributed by atoms with van der Waals surface area (Å²) >= 11 is 0. The van der Waals surface area contributed by atoms with E-state index in [0.29, 0.717) is 6.54 Å². The first-order chi connectivity index (χ1) is 12.4. The van der Waals surface area contributed by atoms with E-state index < -0.39 is 0 Å². The lowest BCUT2D eigenvalue weighted by Crippen LogP contribution is -2.47. The number of nitrogens with zero attached hydrogens (tertiary/aromatic N) is 2. The quantitative estimate of drug-likeness (QED) is 0.603. The fourth-order valence-corrected chi connectivity index (χ4v) is 2.96. The first kappa shape index (κ1) is 20.1. The molecule has 2 unspecified atom stereocenters. The summed E-state index contributed by atoms with van der Waals surface area (Å²) in [5, 5.41) is 6.71. The molecule has 2 rings (SSSR count). The third-order valence-electron chi connectivity index (χ3n) is 4.47. The average molecular weight is 361 g/mol. The number of likely N-dealkylation sites (tertiary alicyclic amines) is 1. The van der Waals surface area contributed by atoms with E-state index in [1.807, 2.05) is 49.9 Å². The van der Waals surface area contributed by atoms with Crippen LogP contribution in [0.25, 0.3) is 0 Å². The number of aryl methyl sites for hydroxylation is 1. The first-order valence-electron chi connectivity index (χ1n) is 9.38. The largest absolute Gasteiger partial charge is 0.489 e. The smallest absolute Gasteiger partial charge is 0.225 e. The second-order valence-corrected chi connectivity index (χ2v) is 7.26. The van der Waals surface area contributed by atoms with Gasteiger partial charge in [-0.1, -0.05) is 31.5 Å². The van der Waals surface area contributed by atoms with E-state index in [1.54, 1.807) is 7.05 Å². The summed E-state index contributed by atoms with van der Waals surface area (Å²) in [4.78, 5) is 18.3. The highest BCUT2D eigenvalue weighted by molar-refractivity contribution is 5.81. The number of hydrogen-bond donors (Lipinski definition) is 2. The van der Waals surface area contributed by atoms with Crippen molar-refractivity contribution in [2.45, 2.75) is 46.3 Å². The molecule has 144 valence electrons. The number of amides is 1. The van der Waals surface area contributed by atoms with Crippen molar-refractivity contribution in [3.63, 3.8) is 0 Å². The van der Waals surface area contributed by atoms with E-state index in [0.717, 1.165) is 31.2 Å². The van der Waals surface area contributed by atoms with Gasteiger partial charge in [-0.15, -0.1) is 0 Å². The Labute approximate surface area is 157 Å². The Morgan fingerprint density at radius 2 is 2.00 bits per heavy atom. The molecule has 1 aliphatic rings. The normalized spacial score (nSPS) is 18.8. The van der Waals surface area contributed by atoms with Gasteiger partial charge in [0, 0.05) is 32.1 Å². The number of hydrogen-bond acceptors (Lipinski definition) is 3. The summed E-state index contributed by atoms with van der Waals surface area (Å²) in [5.41, 5.74) is 1.22. The summed E-state index contributed by atoms with van der Waals surface area (Å²) in [6.07, 6.45) is 0.952. The number of ether oxygens (including phenoxy) is 1. The maximum absolute atomic E-state index is 12.1. The second-order valence-electron chi connectivity index (χ2n) is 7.26. The lowest BCUT2D eigenvalue weighted by molar-refractivity contribution is -0.133. The molecule has 1 fully saturated rings. The van der Waals surface area contributed by atoms with Crippen LogP contribution in [-0.4, -0.2) is 55.6 Å². The highest BCUT2D eigenvalue weighted by atomic mass is 16.5. The van der Waals surface area contributed by atoms with E-state index in [2.05, 4.69) is 22.5 Å². The van der Waals surface area contributed by atoms with Crippen molar-refractivity contribution >= 4 is 11.9 Å². The van der Waals surface area contributed by atoms with E-state index in [9.17, 15) is 4.79 Å². The molecule has 0 aliphatic carbocycles. The maximum Gasteiger partial charge on any atom is 0.225 e. The van der Waals surface area contributed by atoms with Crippen molar-refractivity contribution in [2.24, 2.45) is 10.9 Å². The lowest BCUT2D eigenvalue weighted by atomic mass is 10.2. The van der Waals surface area contributed by atoms with Gasteiger partial charge in [0.1, 0.15) is 11.9 Å². The van der Waals surface area contributed by atoms with Crippen LogP contribution in [0.15, 0.2) is 29.3 Å². The van der Waals surface area contributed by atoms with Crippen LogP contribution in [0, 0.1) is 12.8 Å². The molecule has 1 heterocycles. The van der Waals surface area contributed by atoms with E-state index in [1.165, 1.54) is 5.56 Å². The molecule has 1 aromatic carbocycles. The minimum Gasteiger partial charge on any atom is -0.489 e. The van der Waals surface area contributed by atoms with Crippen LogP contribution in [-0.2, 0) is 4.79 Å². The summed E-state index contributed by atoms with van der Waals surface area (Å²) in [6, 6.07) is 8.29. The number of nitrogens with one attached hydrogen (secondary N) is 2. The molecular weight excluding hydrogens is 328 g/mol. The number of rotatable bonds is 6. The minimum atomic E-state index is 0.0128. The number of aliphatic imine (C=N–C) groups is 1. The topological polar surface area (TPSA) is 66.0 Å². The molecule has 26 heavy (non-hydrogen) atoms. The molecular formula is C20H32N4O2. The van der Waals surface area contributed by atoms with Crippen molar-refractivity contribution in [3.8, 4) is 5.75 Å². The third-order valence-corrected chi connectivity index (χ3v) is 4.47. The van der Waals surface area contributed by atoms with Gasteiger partial charge in [0.15, 0.2) is 5.96 Å². The molecule has 2 N–H and O–H groups in total. The van der Waals surface area contributed by atoms with Gasteiger partial charge >= 0.3 is 0 Å². The van der Waals surface area contributed by atoms with Gasteiger partial charge in [0.2, 0.25) is 5.91 Å². The predicted molar refractivity (Wildman–Crippen MR) is 106 cm³/mol. The molecule has 0 saturated carbocycles. The molecule has 2 atom stereocenters.